The molecule has 0 saturated carbocycles. The third-order valence-electron chi connectivity index (χ3n) is 4.71. The Balaban J connectivity index is 1.68. The minimum atomic E-state index is -0.0718. The lowest BCUT2D eigenvalue weighted by Gasteiger charge is -2.41. The van der Waals surface area contributed by atoms with Crippen molar-refractivity contribution in [1.82, 2.24) is 9.97 Å². The molecule has 122 valence electrons. The second kappa shape index (κ2) is 6.96. The van der Waals surface area contributed by atoms with Gasteiger partial charge in [-0.15, -0.1) is 0 Å². The summed E-state index contributed by atoms with van der Waals surface area (Å²) in [6.07, 6.45) is 6.26. The van der Waals surface area contributed by atoms with Gasteiger partial charge in [-0.1, -0.05) is 12.1 Å². The predicted octanol–water partition coefficient (Wildman–Crippen LogP) is 2.31. The normalized spacial score (nSPS) is 17.0. The lowest BCUT2D eigenvalue weighted by atomic mass is 9.74. The fourth-order valence-corrected chi connectivity index (χ4v) is 3.24. The fourth-order valence-electron chi connectivity index (χ4n) is 3.24. The van der Waals surface area contributed by atoms with Crippen molar-refractivity contribution in [2.24, 2.45) is 5.41 Å². The molecule has 0 amide bonds. The second-order valence-electron chi connectivity index (χ2n) is 6.22. The lowest BCUT2D eigenvalue weighted by Crippen LogP contribution is -2.43. The van der Waals surface area contributed by atoms with Gasteiger partial charge in [-0.2, -0.15) is 0 Å². The molecule has 3 rings (SSSR count). The van der Waals surface area contributed by atoms with Gasteiger partial charge in [0, 0.05) is 37.5 Å². The van der Waals surface area contributed by atoms with Crippen molar-refractivity contribution >= 4 is 5.95 Å². The van der Waals surface area contributed by atoms with Gasteiger partial charge in [-0.05, 0) is 43.0 Å². The van der Waals surface area contributed by atoms with E-state index in [2.05, 4.69) is 27.0 Å². The zero-order chi connectivity index (χ0) is 16.1. The zero-order valence-electron chi connectivity index (χ0n) is 13.5. The second-order valence-corrected chi connectivity index (χ2v) is 6.22. The Morgan fingerprint density at radius 2 is 1.91 bits per heavy atom. The number of anilines is 1. The van der Waals surface area contributed by atoms with Crippen LogP contribution in [0.4, 0.5) is 5.95 Å². The summed E-state index contributed by atoms with van der Waals surface area (Å²) in [5.74, 6) is 1.64. The van der Waals surface area contributed by atoms with Crippen LogP contribution in [0.2, 0.25) is 0 Å². The molecule has 5 nitrogen and oxygen atoms in total. The van der Waals surface area contributed by atoms with Crippen LogP contribution in [-0.2, 0) is 6.42 Å². The standard InChI is InChI=1S/C18H23N3O2/c1-23-16-5-2-4-15(12-16)13-18(14-22)6-10-21(11-7-18)17-19-8-3-9-20-17/h2-5,8-9,12,22H,6-7,10-11,13-14H2,1H3. The number of benzene rings is 1. The number of methoxy groups -OCH3 is 1. The SMILES string of the molecule is COc1cccc(CC2(CO)CCN(c3ncccn3)CC2)c1. The van der Waals surface area contributed by atoms with Gasteiger partial charge in [-0.25, -0.2) is 9.97 Å². The van der Waals surface area contributed by atoms with Crippen LogP contribution in [0.25, 0.3) is 0 Å². The van der Waals surface area contributed by atoms with E-state index < -0.39 is 0 Å². The topological polar surface area (TPSA) is 58.5 Å². The number of aliphatic hydroxyl groups is 1. The van der Waals surface area contributed by atoms with E-state index in [0.29, 0.717) is 0 Å². The lowest BCUT2D eigenvalue weighted by molar-refractivity contribution is 0.0959. The molecule has 1 N–H and O–H groups in total. The molecular weight excluding hydrogens is 290 g/mol. The summed E-state index contributed by atoms with van der Waals surface area (Å²) < 4.78 is 5.30. The number of nitrogens with zero attached hydrogens (tertiary/aromatic N) is 3. The van der Waals surface area contributed by atoms with Gasteiger partial charge in [0.2, 0.25) is 5.95 Å². The number of hydrogen-bond acceptors (Lipinski definition) is 5. The van der Waals surface area contributed by atoms with Crippen LogP contribution in [0, 0.1) is 5.41 Å². The number of aromatic nitrogens is 2. The van der Waals surface area contributed by atoms with Crippen LogP contribution in [0.1, 0.15) is 18.4 Å². The highest BCUT2D eigenvalue weighted by molar-refractivity contribution is 5.32. The highest BCUT2D eigenvalue weighted by Crippen LogP contribution is 2.36. The van der Waals surface area contributed by atoms with Crippen LogP contribution >= 0.6 is 0 Å². The first-order valence-corrected chi connectivity index (χ1v) is 8.00. The molecule has 0 atom stereocenters. The Hall–Kier alpha value is -2.14. The molecule has 1 aromatic carbocycles. The van der Waals surface area contributed by atoms with E-state index in [1.165, 1.54) is 5.56 Å². The van der Waals surface area contributed by atoms with Crippen LogP contribution in [-0.4, -0.2) is 41.9 Å². The Labute approximate surface area is 137 Å². The van der Waals surface area contributed by atoms with Gasteiger partial charge in [0.25, 0.3) is 0 Å². The third-order valence-corrected chi connectivity index (χ3v) is 4.71. The maximum atomic E-state index is 10.0. The monoisotopic (exact) mass is 313 g/mol. The first-order chi connectivity index (χ1) is 11.2. The van der Waals surface area contributed by atoms with E-state index in [-0.39, 0.29) is 12.0 Å². The minimum absolute atomic E-state index is 0.0718. The van der Waals surface area contributed by atoms with Crippen molar-refractivity contribution in [1.29, 1.82) is 0 Å². The fraction of sp³-hybridized carbons (Fsp3) is 0.444. The Kier molecular flexibility index (Phi) is 4.76. The Morgan fingerprint density at radius 1 is 1.17 bits per heavy atom. The summed E-state index contributed by atoms with van der Waals surface area (Å²) in [7, 11) is 1.68. The van der Waals surface area contributed by atoms with Gasteiger partial charge in [0.15, 0.2) is 0 Å². The first-order valence-electron chi connectivity index (χ1n) is 8.00. The average Bonchev–Trinajstić information content (AvgIpc) is 2.63. The summed E-state index contributed by atoms with van der Waals surface area (Å²) >= 11 is 0. The molecule has 2 aromatic rings. The molecule has 1 saturated heterocycles. The average molecular weight is 313 g/mol. The van der Waals surface area contributed by atoms with E-state index in [0.717, 1.165) is 44.0 Å². The van der Waals surface area contributed by atoms with E-state index in [1.54, 1.807) is 19.5 Å². The Bertz CT molecular complexity index is 625. The smallest absolute Gasteiger partial charge is 0.225 e. The summed E-state index contributed by atoms with van der Waals surface area (Å²) in [4.78, 5) is 10.8. The van der Waals surface area contributed by atoms with Crippen LogP contribution in [0.5, 0.6) is 5.75 Å². The molecule has 1 fully saturated rings. The number of hydrogen-bond donors (Lipinski definition) is 1. The molecule has 1 aliphatic heterocycles. The highest BCUT2D eigenvalue weighted by Gasteiger charge is 2.35. The number of rotatable bonds is 5. The van der Waals surface area contributed by atoms with Gasteiger partial charge in [-0.3, -0.25) is 0 Å². The first kappa shape index (κ1) is 15.7. The van der Waals surface area contributed by atoms with Gasteiger partial charge in [0.05, 0.1) is 7.11 Å². The highest BCUT2D eigenvalue weighted by atomic mass is 16.5. The van der Waals surface area contributed by atoms with Gasteiger partial charge >= 0.3 is 0 Å². The van der Waals surface area contributed by atoms with Crippen molar-refractivity contribution in [3.8, 4) is 5.75 Å². The van der Waals surface area contributed by atoms with E-state index in [1.807, 2.05) is 18.2 Å². The molecule has 2 heterocycles. The van der Waals surface area contributed by atoms with E-state index in [4.69, 9.17) is 4.74 Å². The molecule has 0 bridgehead atoms. The maximum Gasteiger partial charge on any atom is 0.225 e. The number of ether oxygens (including phenoxy) is 1. The maximum absolute atomic E-state index is 10.0. The summed E-state index contributed by atoms with van der Waals surface area (Å²) in [6, 6.07) is 9.95. The summed E-state index contributed by atoms with van der Waals surface area (Å²) in [5.41, 5.74) is 1.14. The predicted molar refractivity (Wildman–Crippen MR) is 89.7 cm³/mol. The quantitative estimate of drug-likeness (QED) is 0.918. The molecule has 0 unspecified atom stereocenters. The van der Waals surface area contributed by atoms with Crippen molar-refractivity contribution in [2.45, 2.75) is 19.3 Å². The summed E-state index contributed by atoms with van der Waals surface area (Å²) in [5, 5.41) is 10.0. The molecule has 5 heteroatoms. The van der Waals surface area contributed by atoms with E-state index in [9.17, 15) is 5.11 Å². The molecule has 0 aliphatic carbocycles. The van der Waals surface area contributed by atoms with Crippen molar-refractivity contribution in [2.75, 3.05) is 31.7 Å². The van der Waals surface area contributed by atoms with Crippen LogP contribution in [0.3, 0.4) is 0 Å². The van der Waals surface area contributed by atoms with E-state index >= 15 is 0 Å². The molecule has 0 radical (unpaired) electrons. The zero-order valence-corrected chi connectivity index (χ0v) is 13.5. The third kappa shape index (κ3) is 3.62. The summed E-state index contributed by atoms with van der Waals surface area (Å²) in [6.45, 7) is 1.94. The minimum Gasteiger partial charge on any atom is -0.497 e. The molecule has 1 aromatic heterocycles. The number of piperidine rings is 1. The molecule has 23 heavy (non-hydrogen) atoms. The van der Waals surface area contributed by atoms with Crippen molar-refractivity contribution in [3.63, 3.8) is 0 Å². The largest absolute Gasteiger partial charge is 0.497 e. The van der Waals surface area contributed by atoms with Crippen molar-refractivity contribution in [3.05, 3.63) is 48.3 Å². The molecule has 0 spiro atoms. The van der Waals surface area contributed by atoms with Crippen LogP contribution in [0.15, 0.2) is 42.7 Å². The van der Waals surface area contributed by atoms with Crippen LogP contribution < -0.4 is 9.64 Å². The molecular formula is C18H23N3O2. The number of aliphatic hydroxyl groups excluding tert-OH is 1. The van der Waals surface area contributed by atoms with Crippen molar-refractivity contribution < 1.29 is 9.84 Å². The van der Waals surface area contributed by atoms with Gasteiger partial charge < -0.3 is 14.7 Å². The molecule has 1 aliphatic rings. The van der Waals surface area contributed by atoms with Gasteiger partial charge in [0.1, 0.15) is 5.75 Å². The Morgan fingerprint density at radius 3 is 2.57 bits per heavy atom.